The molecule has 1 aliphatic rings. The van der Waals surface area contributed by atoms with Crippen LogP contribution in [0.5, 0.6) is 0 Å². The van der Waals surface area contributed by atoms with E-state index in [1.165, 1.54) is 0 Å². The van der Waals surface area contributed by atoms with E-state index in [2.05, 4.69) is 0 Å². The van der Waals surface area contributed by atoms with Crippen LogP contribution in [0.2, 0.25) is 0 Å². The number of amides is 1. The number of ether oxygens (including phenoxy) is 1. The highest BCUT2D eigenvalue weighted by molar-refractivity contribution is 7.98. The summed E-state index contributed by atoms with van der Waals surface area (Å²) in [6.07, 6.45) is 5.03. The largest absolute Gasteiger partial charge is 0.380 e. The molecule has 0 bridgehead atoms. The number of likely N-dealkylation sites (tertiary alicyclic amines) is 1. The van der Waals surface area contributed by atoms with Crippen molar-refractivity contribution in [2.24, 2.45) is 5.73 Å². The Labute approximate surface area is 102 Å². The maximum Gasteiger partial charge on any atom is 0.239 e. The highest BCUT2D eigenvalue weighted by Crippen LogP contribution is 2.14. The summed E-state index contributed by atoms with van der Waals surface area (Å²) in [5.41, 5.74) is 5.88. The zero-order valence-electron chi connectivity index (χ0n) is 10.1. The summed E-state index contributed by atoms with van der Waals surface area (Å²) in [6, 6.07) is -0.344. The van der Waals surface area contributed by atoms with Gasteiger partial charge in [0, 0.05) is 20.2 Å². The Bertz CT molecular complexity index is 226. The van der Waals surface area contributed by atoms with Crippen molar-refractivity contribution in [3.05, 3.63) is 0 Å². The summed E-state index contributed by atoms with van der Waals surface area (Å²) in [4.78, 5) is 13.9. The molecule has 1 heterocycles. The molecule has 1 saturated heterocycles. The minimum atomic E-state index is -0.344. The predicted molar refractivity (Wildman–Crippen MR) is 67.6 cm³/mol. The molecule has 1 aliphatic heterocycles. The van der Waals surface area contributed by atoms with Gasteiger partial charge in [-0.3, -0.25) is 4.79 Å². The fourth-order valence-corrected chi connectivity index (χ4v) is 2.42. The molecule has 1 unspecified atom stereocenters. The first kappa shape index (κ1) is 13.8. The summed E-state index contributed by atoms with van der Waals surface area (Å²) >= 11 is 1.72. The van der Waals surface area contributed by atoms with Crippen LogP contribution in [-0.4, -0.2) is 55.2 Å². The van der Waals surface area contributed by atoms with Gasteiger partial charge in [0.15, 0.2) is 0 Å². The van der Waals surface area contributed by atoms with E-state index < -0.39 is 0 Å². The van der Waals surface area contributed by atoms with Crippen molar-refractivity contribution < 1.29 is 9.53 Å². The maximum atomic E-state index is 12.0. The van der Waals surface area contributed by atoms with Crippen molar-refractivity contribution in [3.63, 3.8) is 0 Å². The summed E-state index contributed by atoms with van der Waals surface area (Å²) < 4.78 is 5.29. The molecule has 2 atom stereocenters. The molecule has 0 aromatic rings. The number of nitrogens with two attached hydrogens (primary N) is 1. The number of hydrogen-bond donors (Lipinski definition) is 1. The number of nitrogens with zero attached hydrogens (tertiary/aromatic N) is 1. The second kappa shape index (κ2) is 7.14. The van der Waals surface area contributed by atoms with E-state index in [-0.39, 0.29) is 18.1 Å². The van der Waals surface area contributed by atoms with Crippen molar-refractivity contribution in [1.29, 1.82) is 0 Å². The molecule has 0 radical (unpaired) electrons. The quantitative estimate of drug-likeness (QED) is 0.776. The molecular formula is C11H22N2O2S. The van der Waals surface area contributed by atoms with Crippen molar-refractivity contribution in [3.8, 4) is 0 Å². The molecule has 1 rings (SSSR count). The number of carbonyl (C=O) groups excluding carboxylic acids is 1. The smallest absolute Gasteiger partial charge is 0.239 e. The van der Waals surface area contributed by atoms with Crippen LogP contribution in [0.4, 0.5) is 0 Å². The Balaban J connectivity index is 2.40. The van der Waals surface area contributed by atoms with Gasteiger partial charge >= 0.3 is 0 Å². The molecule has 0 aromatic heterocycles. The Kier molecular flexibility index (Phi) is 6.16. The first-order valence-electron chi connectivity index (χ1n) is 5.75. The van der Waals surface area contributed by atoms with Gasteiger partial charge in [0.2, 0.25) is 5.91 Å². The highest BCUT2D eigenvalue weighted by Gasteiger charge is 2.26. The third kappa shape index (κ3) is 3.96. The van der Waals surface area contributed by atoms with Gasteiger partial charge in [-0.2, -0.15) is 11.8 Å². The zero-order valence-corrected chi connectivity index (χ0v) is 11.0. The lowest BCUT2D eigenvalue weighted by Crippen LogP contribution is -2.49. The Morgan fingerprint density at radius 2 is 2.44 bits per heavy atom. The van der Waals surface area contributed by atoms with Gasteiger partial charge in [0.1, 0.15) is 0 Å². The molecular weight excluding hydrogens is 224 g/mol. The monoisotopic (exact) mass is 246 g/mol. The van der Waals surface area contributed by atoms with Crippen LogP contribution < -0.4 is 5.73 Å². The van der Waals surface area contributed by atoms with Gasteiger partial charge in [0.25, 0.3) is 0 Å². The average Bonchev–Trinajstić information content (AvgIpc) is 2.35. The van der Waals surface area contributed by atoms with Crippen molar-refractivity contribution in [1.82, 2.24) is 4.90 Å². The number of methoxy groups -OCH3 is 1. The summed E-state index contributed by atoms with van der Waals surface area (Å²) in [5.74, 6) is 1.02. The minimum absolute atomic E-state index is 0.0794. The first-order chi connectivity index (χ1) is 7.69. The normalized spacial score (nSPS) is 23.2. The standard InChI is InChI=1S/C11H22N2O2S/c1-15-9-4-3-6-13(8-9)11(14)10(12)5-7-16-2/h9-10H,3-8,12H2,1-2H3/t9?,10-/m0/s1. The SMILES string of the molecule is COC1CCCN(C(=O)[C@@H](N)CCSC)C1. The van der Waals surface area contributed by atoms with E-state index in [9.17, 15) is 4.79 Å². The van der Waals surface area contributed by atoms with Gasteiger partial charge in [0.05, 0.1) is 12.1 Å². The molecule has 1 fully saturated rings. The first-order valence-corrected chi connectivity index (χ1v) is 7.14. The van der Waals surface area contributed by atoms with Gasteiger partial charge in [-0.05, 0) is 31.3 Å². The van der Waals surface area contributed by atoms with E-state index in [0.717, 1.165) is 31.6 Å². The molecule has 5 heteroatoms. The van der Waals surface area contributed by atoms with Gasteiger partial charge < -0.3 is 15.4 Å². The molecule has 94 valence electrons. The van der Waals surface area contributed by atoms with Crippen LogP contribution in [0.1, 0.15) is 19.3 Å². The molecule has 0 aliphatic carbocycles. The third-order valence-corrected chi connectivity index (χ3v) is 3.62. The summed E-state index contributed by atoms with van der Waals surface area (Å²) in [7, 11) is 1.70. The summed E-state index contributed by atoms with van der Waals surface area (Å²) in [5, 5.41) is 0. The molecule has 2 N–H and O–H groups in total. The van der Waals surface area contributed by atoms with E-state index >= 15 is 0 Å². The lowest BCUT2D eigenvalue weighted by atomic mass is 10.1. The van der Waals surface area contributed by atoms with Gasteiger partial charge in [-0.15, -0.1) is 0 Å². The average molecular weight is 246 g/mol. The van der Waals surface area contributed by atoms with Gasteiger partial charge in [-0.1, -0.05) is 0 Å². The number of rotatable bonds is 5. The number of hydrogen-bond acceptors (Lipinski definition) is 4. The lowest BCUT2D eigenvalue weighted by molar-refractivity contribution is -0.136. The van der Waals surface area contributed by atoms with Crippen LogP contribution in [0.3, 0.4) is 0 Å². The summed E-state index contributed by atoms with van der Waals surface area (Å²) in [6.45, 7) is 1.52. The lowest BCUT2D eigenvalue weighted by Gasteiger charge is -2.33. The fourth-order valence-electron chi connectivity index (χ4n) is 1.93. The number of carbonyl (C=O) groups is 1. The molecule has 0 aromatic carbocycles. The third-order valence-electron chi connectivity index (χ3n) is 2.97. The molecule has 4 nitrogen and oxygen atoms in total. The Morgan fingerprint density at radius 3 is 3.06 bits per heavy atom. The van der Waals surface area contributed by atoms with E-state index in [0.29, 0.717) is 6.54 Å². The second-order valence-corrected chi connectivity index (χ2v) is 5.16. The van der Waals surface area contributed by atoms with E-state index in [1.54, 1.807) is 18.9 Å². The van der Waals surface area contributed by atoms with Crippen LogP contribution in [-0.2, 0) is 9.53 Å². The minimum Gasteiger partial charge on any atom is -0.380 e. The van der Waals surface area contributed by atoms with Crippen molar-refractivity contribution >= 4 is 17.7 Å². The van der Waals surface area contributed by atoms with Crippen LogP contribution in [0.15, 0.2) is 0 Å². The molecule has 16 heavy (non-hydrogen) atoms. The highest BCUT2D eigenvalue weighted by atomic mass is 32.2. The topological polar surface area (TPSA) is 55.6 Å². The van der Waals surface area contributed by atoms with Crippen molar-refractivity contribution in [2.75, 3.05) is 32.2 Å². The second-order valence-electron chi connectivity index (χ2n) is 4.17. The van der Waals surface area contributed by atoms with Crippen molar-refractivity contribution in [2.45, 2.75) is 31.4 Å². The number of piperidine rings is 1. The molecule has 0 spiro atoms. The van der Waals surface area contributed by atoms with E-state index in [4.69, 9.17) is 10.5 Å². The molecule has 0 saturated carbocycles. The van der Waals surface area contributed by atoms with Gasteiger partial charge in [-0.25, -0.2) is 0 Å². The van der Waals surface area contributed by atoms with Crippen LogP contribution in [0, 0.1) is 0 Å². The van der Waals surface area contributed by atoms with Crippen LogP contribution >= 0.6 is 11.8 Å². The number of thioether (sulfide) groups is 1. The Hall–Kier alpha value is -0.260. The van der Waals surface area contributed by atoms with E-state index in [1.807, 2.05) is 11.2 Å². The molecule has 1 amide bonds. The fraction of sp³-hybridized carbons (Fsp3) is 0.909. The van der Waals surface area contributed by atoms with Crippen LogP contribution in [0.25, 0.3) is 0 Å². The maximum absolute atomic E-state index is 12.0. The zero-order chi connectivity index (χ0) is 12.0. The predicted octanol–water partition coefficient (Wildman–Crippen LogP) is 0.704. The Morgan fingerprint density at radius 1 is 1.69 bits per heavy atom.